The van der Waals surface area contributed by atoms with Gasteiger partial charge in [0.25, 0.3) is 0 Å². The number of ether oxygens (including phenoxy) is 2. The van der Waals surface area contributed by atoms with Crippen LogP contribution in [-0.4, -0.2) is 11.9 Å². The standard InChI is InChI=1S/C24H28O4/c25-23(17-9-3-1-4-10-17)27-21-15-7-14-20-19(21)13-8-16-22(20)28-24(26)18-11-5-2-6-12-18/h7-8,13-18H,1-6,9-12H2. The van der Waals surface area contributed by atoms with E-state index in [1.54, 1.807) is 0 Å². The van der Waals surface area contributed by atoms with Crippen LogP contribution in [0.4, 0.5) is 0 Å². The van der Waals surface area contributed by atoms with Crippen LogP contribution < -0.4 is 9.47 Å². The molecule has 0 bridgehead atoms. The maximum Gasteiger partial charge on any atom is 0.314 e. The molecule has 2 saturated carbocycles. The highest BCUT2D eigenvalue weighted by molar-refractivity contribution is 5.96. The van der Waals surface area contributed by atoms with E-state index in [1.807, 2.05) is 36.4 Å². The average Bonchev–Trinajstić information content (AvgIpc) is 2.75. The normalized spacial score (nSPS) is 18.7. The Bertz CT molecular complexity index is 774. The third-order valence-electron chi connectivity index (χ3n) is 6.14. The van der Waals surface area contributed by atoms with Crippen molar-refractivity contribution in [2.75, 3.05) is 0 Å². The van der Waals surface area contributed by atoms with Crippen molar-refractivity contribution in [2.45, 2.75) is 64.2 Å². The van der Waals surface area contributed by atoms with Gasteiger partial charge in [0.2, 0.25) is 0 Å². The number of hydrogen-bond acceptors (Lipinski definition) is 4. The SMILES string of the molecule is O=C(Oc1cccc2c(OC(=O)C3CCCCC3)cccc12)C1CCCCC1. The van der Waals surface area contributed by atoms with Gasteiger partial charge in [-0.1, -0.05) is 62.8 Å². The van der Waals surface area contributed by atoms with Crippen LogP contribution in [0.5, 0.6) is 11.5 Å². The molecule has 148 valence electrons. The van der Waals surface area contributed by atoms with Gasteiger partial charge in [-0.05, 0) is 37.8 Å². The summed E-state index contributed by atoms with van der Waals surface area (Å²) in [5.74, 6) is 0.800. The molecule has 0 N–H and O–H groups in total. The highest BCUT2D eigenvalue weighted by Gasteiger charge is 2.25. The lowest BCUT2D eigenvalue weighted by atomic mass is 9.89. The molecule has 0 spiro atoms. The average molecular weight is 380 g/mol. The first kappa shape index (κ1) is 19.0. The first-order chi connectivity index (χ1) is 13.7. The molecule has 4 nitrogen and oxygen atoms in total. The zero-order chi connectivity index (χ0) is 19.3. The predicted molar refractivity (Wildman–Crippen MR) is 108 cm³/mol. The second kappa shape index (κ2) is 8.76. The van der Waals surface area contributed by atoms with Crippen molar-refractivity contribution in [1.82, 2.24) is 0 Å². The summed E-state index contributed by atoms with van der Waals surface area (Å²) in [5, 5.41) is 1.61. The molecule has 0 amide bonds. The molecule has 0 saturated heterocycles. The summed E-state index contributed by atoms with van der Waals surface area (Å²) in [6.45, 7) is 0. The topological polar surface area (TPSA) is 52.6 Å². The summed E-state index contributed by atoms with van der Waals surface area (Å²) < 4.78 is 11.5. The van der Waals surface area contributed by atoms with Gasteiger partial charge in [-0.3, -0.25) is 9.59 Å². The van der Waals surface area contributed by atoms with Gasteiger partial charge in [0, 0.05) is 10.8 Å². The van der Waals surface area contributed by atoms with Crippen molar-refractivity contribution in [3.8, 4) is 11.5 Å². The highest BCUT2D eigenvalue weighted by atomic mass is 16.5. The van der Waals surface area contributed by atoms with Crippen molar-refractivity contribution < 1.29 is 19.1 Å². The maximum atomic E-state index is 12.6. The Labute approximate surface area is 166 Å². The molecule has 0 radical (unpaired) electrons. The lowest BCUT2D eigenvalue weighted by molar-refractivity contribution is -0.140. The summed E-state index contributed by atoms with van der Waals surface area (Å²) in [4.78, 5) is 25.1. The molecule has 2 aliphatic carbocycles. The van der Waals surface area contributed by atoms with Crippen LogP contribution >= 0.6 is 0 Å². The van der Waals surface area contributed by atoms with E-state index in [0.717, 1.165) is 62.1 Å². The summed E-state index contributed by atoms with van der Waals surface area (Å²) in [6.07, 6.45) is 10.4. The van der Waals surface area contributed by atoms with E-state index in [0.29, 0.717) is 11.5 Å². The van der Waals surface area contributed by atoms with E-state index < -0.39 is 0 Å². The minimum absolute atomic E-state index is 0.00341. The summed E-state index contributed by atoms with van der Waals surface area (Å²) >= 11 is 0. The first-order valence-electron chi connectivity index (χ1n) is 10.7. The molecule has 2 aliphatic rings. The lowest BCUT2D eigenvalue weighted by Gasteiger charge is -2.21. The Hall–Kier alpha value is -2.36. The van der Waals surface area contributed by atoms with Gasteiger partial charge in [-0.2, -0.15) is 0 Å². The van der Waals surface area contributed by atoms with Gasteiger partial charge in [0.05, 0.1) is 11.8 Å². The fourth-order valence-electron chi connectivity index (χ4n) is 4.49. The summed E-state index contributed by atoms with van der Waals surface area (Å²) in [7, 11) is 0. The van der Waals surface area contributed by atoms with Crippen LogP contribution in [0.1, 0.15) is 64.2 Å². The molecule has 0 aliphatic heterocycles. The van der Waals surface area contributed by atoms with Crippen molar-refractivity contribution in [3.05, 3.63) is 36.4 Å². The fourth-order valence-corrected chi connectivity index (χ4v) is 4.49. The van der Waals surface area contributed by atoms with Gasteiger partial charge in [0.15, 0.2) is 0 Å². The van der Waals surface area contributed by atoms with Gasteiger partial charge >= 0.3 is 11.9 Å². The fraction of sp³-hybridized carbons (Fsp3) is 0.500. The minimum Gasteiger partial charge on any atom is -0.426 e. The Morgan fingerprint density at radius 3 is 1.39 bits per heavy atom. The van der Waals surface area contributed by atoms with Crippen LogP contribution in [0.25, 0.3) is 10.8 Å². The van der Waals surface area contributed by atoms with Crippen molar-refractivity contribution >= 4 is 22.7 Å². The number of carbonyl (C=O) groups excluding carboxylic acids is 2. The number of benzene rings is 2. The molecule has 0 aromatic heterocycles. The molecule has 2 aromatic carbocycles. The van der Waals surface area contributed by atoms with E-state index in [4.69, 9.17) is 9.47 Å². The lowest BCUT2D eigenvalue weighted by Crippen LogP contribution is -2.23. The Morgan fingerprint density at radius 1 is 0.607 bits per heavy atom. The quantitative estimate of drug-likeness (QED) is 0.496. The zero-order valence-corrected chi connectivity index (χ0v) is 16.3. The third-order valence-corrected chi connectivity index (χ3v) is 6.14. The van der Waals surface area contributed by atoms with Gasteiger partial charge in [-0.15, -0.1) is 0 Å². The third kappa shape index (κ3) is 4.21. The monoisotopic (exact) mass is 380 g/mol. The zero-order valence-electron chi connectivity index (χ0n) is 16.3. The van der Waals surface area contributed by atoms with Crippen LogP contribution in [-0.2, 0) is 9.59 Å². The van der Waals surface area contributed by atoms with Gasteiger partial charge in [0.1, 0.15) is 11.5 Å². The van der Waals surface area contributed by atoms with Gasteiger partial charge < -0.3 is 9.47 Å². The van der Waals surface area contributed by atoms with E-state index in [1.165, 1.54) is 12.8 Å². The Balaban J connectivity index is 1.54. The molecule has 0 unspecified atom stereocenters. The number of carbonyl (C=O) groups is 2. The number of hydrogen-bond donors (Lipinski definition) is 0. The molecular weight excluding hydrogens is 352 g/mol. The van der Waals surface area contributed by atoms with Crippen LogP contribution in [0.15, 0.2) is 36.4 Å². The highest BCUT2D eigenvalue weighted by Crippen LogP contribution is 2.35. The molecule has 4 heteroatoms. The molecule has 2 aromatic rings. The van der Waals surface area contributed by atoms with Crippen molar-refractivity contribution in [2.24, 2.45) is 11.8 Å². The molecule has 0 atom stereocenters. The van der Waals surface area contributed by atoms with Crippen molar-refractivity contribution in [1.29, 1.82) is 0 Å². The smallest absolute Gasteiger partial charge is 0.314 e. The van der Waals surface area contributed by atoms with Gasteiger partial charge in [-0.25, -0.2) is 0 Å². The van der Waals surface area contributed by atoms with Crippen LogP contribution in [0.2, 0.25) is 0 Å². The summed E-state index contributed by atoms with van der Waals surface area (Å²) in [6, 6.07) is 11.2. The van der Waals surface area contributed by atoms with E-state index in [2.05, 4.69) is 0 Å². The Morgan fingerprint density at radius 2 is 1.00 bits per heavy atom. The van der Waals surface area contributed by atoms with Crippen molar-refractivity contribution in [3.63, 3.8) is 0 Å². The maximum absolute atomic E-state index is 12.6. The molecule has 4 rings (SSSR count). The predicted octanol–water partition coefficient (Wildman–Crippen LogP) is 5.81. The molecular formula is C24H28O4. The van der Waals surface area contributed by atoms with Crippen LogP contribution in [0, 0.1) is 11.8 Å². The van der Waals surface area contributed by atoms with E-state index >= 15 is 0 Å². The second-order valence-electron chi connectivity index (χ2n) is 8.12. The number of fused-ring (bicyclic) bond motifs is 1. The van der Waals surface area contributed by atoms with E-state index in [9.17, 15) is 9.59 Å². The summed E-state index contributed by atoms with van der Waals surface area (Å²) in [5.41, 5.74) is 0. The Kier molecular flexibility index (Phi) is 5.94. The molecule has 0 heterocycles. The number of rotatable bonds is 4. The number of esters is 2. The second-order valence-corrected chi connectivity index (χ2v) is 8.12. The first-order valence-corrected chi connectivity index (χ1v) is 10.7. The minimum atomic E-state index is -0.142. The van der Waals surface area contributed by atoms with Crippen LogP contribution in [0.3, 0.4) is 0 Å². The molecule has 2 fully saturated rings. The van der Waals surface area contributed by atoms with E-state index in [-0.39, 0.29) is 23.8 Å². The largest absolute Gasteiger partial charge is 0.426 e. The molecule has 28 heavy (non-hydrogen) atoms.